The first-order valence-electron chi connectivity index (χ1n) is 9.86. The number of thioether (sulfide) groups is 1. The van der Waals surface area contributed by atoms with Gasteiger partial charge in [0.25, 0.3) is 0 Å². The third-order valence-corrected chi connectivity index (χ3v) is 7.15. The molecule has 1 fully saturated rings. The first-order chi connectivity index (χ1) is 14.6. The predicted octanol–water partition coefficient (Wildman–Crippen LogP) is 4.44. The second kappa shape index (κ2) is 8.76. The van der Waals surface area contributed by atoms with Crippen LogP contribution in [-0.4, -0.2) is 35.8 Å². The maximum atomic E-state index is 12.3. The number of ether oxygens (including phenoxy) is 1. The van der Waals surface area contributed by atoms with Gasteiger partial charge in [-0.15, -0.1) is 11.8 Å². The van der Waals surface area contributed by atoms with Gasteiger partial charge in [-0.1, -0.05) is 91.0 Å². The van der Waals surface area contributed by atoms with E-state index in [0.717, 1.165) is 16.7 Å². The SMILES string of the molecule is COC(=O)CN1C(=O)C[C@H]1SC(c1ccccc1)(c1ccccc1)c1ccccc1. The molecule has 0 unspecified atom stereocenters. The Hall–Kier alpha value is -3.05. The Balaban J connectivity index is 1.83. The van der Waals surface area contributed by atoms with Gasteiger partial charge in [0.1, 0.15) is 6.54 Å². The third kappa shape index (κ3) is 3.73. The van der Waals surface area contributed by atoms with Crippen molar-refractivity contribution >= 4 is 23.6 Å². The van der Waals surface area contributed by atoms with Gasteiger partial charge < -0.3 is 9.64 Å². The van der Waals surface area contributed by atoms with E-state index in [1.807, 2.05) is 54.6 Å². The van der Waals surface area contributed by atoms with Crippen molar-refractivity contribution in [1.29, 1.82) is 0 Å². The highest BCUT2D eigenvalue weighted by atomic mass is 32.2. The van der Waals surface area contributed by atoms with Crippen molar-refractivity contribution < 1.29 is 14.3 Å². The van der Waals surface area contributed by atoms with Crippen LogP contribution in [0.15, 0.2) is 91.0 Å². The van der Waals surface area contributed by atoms with E-state index in [2.05, 4.69) is 36.4 Å². The molecule has 1 aliphatic rings. The van der Waals surface area contributed by atoms with Crippen LogP contribution in [-0.2, 0) is 19.1 Å². The van der Waals surface area contributed by atoms with Crippen LogP contribution in [0.1, 0.15) is 23.1 Å². The fraction of sp³-hybridized carbons (Fsp3) is 0.200. The van der Waals surface area contributed by atoms with Crippen LogP contribution in [0.4, 0.5) is 0 Å². The molecule has 1 atom stereocenters. The molecule has 5 heteroatoms. The minimum Gasteiger partial charge on any atom is -0.468 e. The van der Waals surface area contributed by atoms with E-state index >= 15 is 0 Å². The Kier molecular flexibility index (Phi) is 5.91. The maximum absolute atomic E-state index is 12.3. The monoisotopic (exact) mass is 417 g/mol. The van der Waals surface area contributed by atoms with Crippen molar-refractivity contribution in [3.05, 3.63) is 108 Å². The second-order valence-electron chi connectivity index (χ2n) is 7.15. The van der Waals surface area contributed by atoms with Gasteiger partial charge in [0, 0.05) is 0 Å². The van der Waals surface area contributed by atoms with Crippen molar-refractivity contribution in [3.8, 4) is 0 Å². The van der Waals surface area contributed by atoms with Crippen molar-refractivity contribution in [3.63, 3.8) is 0 Å². The first-order valence-corrected chi connectivity index (χ1v) is 10.7. The van der Waals surface area contributed by atoms with Gasteiger partial charge in [0.15, 0.2) is 0 Å². The molecule has 1 heterocycles. The summed E-state index contributed by atoms with van der Waals surface area (Å²) in [5.74, 6) is -0.431. The van der Waals surface area contributed by atoms with E-state index in [9.17, 15) is 9.59 Å². The number of rotatable bonds is 7. The average molecular weight is 418 g/mol. The topological polar surface area (TPSA) is 46.6 Å². The Morgan fingerprint density at radius 3 is 1.70 bits per heavy atom. The number of likely N-dealkylation sites (tertiary alicyclic amines) is 1. The van der Waals surface area contributed by atoms with Gasteiger partial charge in [-0.05, 0) is 16.7 Å². The van der Waals surface area contributed by atoms with Crippen LogP contribution in [0.3, 0.4) is 0 Å². The average Bonchev–Trinajstić information content (AvgIpc) is 2.81. The number of hydrogen-bond donors (Lipinski definition) is 0. The molecule has 0 N–H and O–H groups in total. The van der Waals surface area contributed by atoms with Crippen LogP contribution in [0, 0.1) is 0 Å². The van der Waals surface area contributed by atoms with E-state index < -0.39 is 10.7 Å². The summed E-state index contributed by atoms with van der Waals surface area (Å²) in [6.07, 6.45) is 0.399. The van der Waals surface area contributed by atoms with E-state index in [4.69, 9.17) is 4.74 Å². The zero-order valence-corrected chi connectivity index (χ0v) is 17.5. The number of carbonyl (C=O) groups is 2. The number of benzene rings is 3. The van der Waals surface area contributed by atoms with E-state index in [-0.39, 0.29) is 17.8 Å². The van der Waals surface area contributed by atoms with Gasteiger partial charge in [-0.2, -0.15) is 0 Å². The van der Waals surface area contributed by atoms with E-state index in [1.165, 1.54) is 7.11 Å². The smallest absolute Gasteiger partial charge is 0.325 e. The van der Waals surface area contributed by atoms with Gasteiger partial charge in [0.2, 0.25) is 5.91 Å². The minimum absolute atomic E-state index is 0.0263. The van der Waals surface area contributed by atoms with Gasteiger partial charge >= 0.3 is 5.97 Å². The van der Waals surface area contributed by atoms with Crippen LogP contribution in [0.25, 0.3) is 0 Å². The molecule has 0 saturated carbocycles. The summed E-state index contributed by atoms with van der Waals surface area (Å²) in [5, 5.41) is -0.128. The van der Waals surface area contributed by atoms with Gasteiger partial charge in [-0.25, -0.2) is 0 Å². The molecule has 152 valence electrons. The molecule has 4 rings (SSSR count). The number of nitrogens with zero attached hydrogens (tertiary/aromatic N) is 1. The van der Waals surface area contributed by atoms with E-state index in [0.29, 0.717) is 6.42 Å². The Labute approximate surface area is 180 Å². The highest BCUT2D eigenvalue weighted by molar-refractivity contribution is 8.01. The summed E-state index contributed by atoms with van der Waals surface area (Å²) in [4.78, 5) is 25.8. The summed E-state index contributed by atoms with van der Waals surface area (Å²) in [5.41, 5.74) is 3.39. The number of methoxy groups -OCH3 is 1. The number of carbonyl (C=O) groups excluding carboxylic acids is 2. The first kappa shape index (κ1) is 20.2. The Morgan fingerprint density at radius 2 is 1.33 bits per heavy atom. The Morgan fingerprint density at radius 1 is 0.900 bits per heavy atom. The molecule has 30 heavy (non-hydrogen) atoms. The molecule has 1 aliphatic heterocycles. The summed E-state index contributed by atoms with van der Waals surface area (Å²) >= 11 is 1.70. The van der Waals surface area contributed by atoms with Gasteiger partial charge in [-0.3, -0.25) is 9.59 Å². The second-order valence-corrected chi connectivity index (χ2v) is 8.55. The van der Waals surface area contributed by atoms with Crippen molar-refractivity contribution in [2.45, 2.75) is 16.5 Å². The standard InChI is InChI=1S/C25H23NO3S/c1-29-24(28)18-26-22(27)17-23(26)30-25(19-11-5-2-6-12-19,20-13-7-3-8-14-20)21-15-9-4-10-16-21/h2-16,23H,17-18H2,1H3/t23-/m1/s1. The maximum Gasteiger partial charge on any atom is 0.325 e. The quantitative estimate of drug-likeness (QED) is 0.324. The van der Waals surface area contributed by atoms with Crippen molar-refractivity contribution in [2.24, 2.45) is 0 Å². The lowest BCUT2D eigenvalue weighted by molar-refractivity contribution is -0.153. The van der Waals surface area contributed by atoms with Crippen LogP contribution in [0.5, 0.6) is 0 Å². The predicted molar refractivity (Wildman–Crippen MR) is 119 cm³/mol. The van der Waals surface area contributed by atoms with Gasteiger partial charge in [0.05, 0.1) is 23.7 Å². The number of amides is 1. The molecule has 0 bridgehead atoms. The molecular weight excluding hydrogens is 394 g/mol. The lowest BCUT2D eigenvalue weighted by Gasteiger charge is -2.45. The molecule has 1 amide bonds. The molecular formula is C25H23NO3S. The summed E-state index contributed by atoms with van der Waals surface area (Å²) < 4.78 is 4.27. The highest BCUT2D eigenvalue weighted by Crippen LogP contribution is 2.52. The van der Waals surface area contributed by atoms with Crippen LogP contribution < -0.4 is 0 Å². The number of hydrogen-bond acceptors (Lipinski definition) is 4. The highest BCUT2D eigenvalue weighted by Gasteiger charge is 2.46. The molecule has 4 nitrogen and oxygen atoms in total. The normalized spacial score (nSPS) is 16.1. The summed E-state index contributed by atoms with van der Waals surface area (Å²) in [7, 11) is 1.34. The van der Waals surface area contributed by atoms with Crippen molar-refractivity contribution in [2.75, 3.05) is 13.7 Å². The van der Waals surface area contributed by atoms with E-state index in [1.54, 1.807) is 16.7 Å². The zero-order valence-electron chi connectivity index (χ0n) is 16.7. The number of esters is 1. The third-order valence-electron chi connectivity index (χ3n) is 5.40. The molecule has 3 aromatic rings. The lowest BCUT2D eigenvalue weighted by atomic mass is 9.84. The van der Waals surface area contributed by atoms with Crippen molar-refractivity contribution in [1.82, 2.24) is 4.90 Å². The largest absolute Gasteiger partial charge is 0.468 e. The minimum atomic E-state index is -0.524. The molecule has 0 radical (unpaired) electrons. The van der Waals surface area contributed by atoms with Crippen LogP contribution >= 0.6 is 11.8 Å². The summed E-state index contributed by atoms with van der Waals surface area (Å²) in [6, 6.07) is 31.0. The molecule has 0 spiro atoms. The molecule has 0 aromatic heterocycles. The fourth-order valence-corrected chi connectivity index (χ4v) is 5.62. The lowest BCUT2D eigenvalue weighted by Crippen LogP contribution is -2.54. The zero-order chi connectivity index (χ0) is 21.0. The molecule has 1 saturated heterocycles. The molecule has 3 aromatic carbocycles. The number of β-lactam (4-membered cyclic amide) rings is 1. The van der Waals surface area contributed by atoms with Crippen LogP contribution in [0.2, 0.25) is 0 Å². The summed E-state index contributed by atoms with van der Waals surface area (Å²) in [6.45, 7) is -0.0263. The fourth-order valence-electron chi connectivity index (χ4n) is 3.85. The Bertz CT molecular complexity index is 912. The molecule has 0 aliphatic carbocycles.